The summed E-state index contributed by atoms with van der Waals surface area (Å²) in [5.74, 6) is -1.03. The second-order valence-electron chi connectivity index (χ2n) is 10.8. The van der Waals surface area contributed by atoms with Gasteiger partial charge in [0.1, 0.15) is 0 Å². The van der Waals surface area contributed by atoms with Crippen LogP contribution < -0.4 is 0 Å². The van der Waals surface area contributed by atoms with Gasteiger partial charge in [-0.05, 0) is 71.5 Å². The van der Waals surface area contributed by atoms with Crippen molar-refractivity contribution in [2.45, 2.75) is 35.7 Å². The average molecular weight is 599 g/mol. The molecule has 0 fully saturated rings. The zero-order valence-corrected chi connectivity index (χ0v) is 24.1. The Morgan fingerprint density at radius 3 is 1.26 bits per heavy atom. The smallest absolute Gasteiger partial charge is 0.243 e. The quantitative estimate of drug-likeness (QED) is 0.310. The molecule has 0 radical (unpaired) electrons. The first-order valence-electron chi connectivity index (χ1n) is 13.7. The van der Waals surface area contributed by atoms with Crippen LogP contribution in [0.5, 0.6) is 0 Å². The van der Waals surface area contributed by atoms with Gasteiger partial charge in [0.15, 0.2) is 11.6 Å². The largest absolute Gasteiger partial charge is 0.289 e. The van der Waals surface area contributed by atoms with Gasteiger partial charge in [-0.15, -0.1) is 0 Å². The first-order valence-corrected chi connectivity index (χ1v) is 16.5. The number of hydrogen-bond donors (Lipinski definition) is 0. The summed E-state index contributed by atoms with van der Waals surface area (Å²) in [7, 11) is -7.86. The van der Waals surface area contributed by atoms with Crippen molar-refractivity contribution < 1.29 is 26.4 Å². The topological polar surface area (TPSA) is 109 Å². The zero-order chi connectivity index (χ0) is 29.2. The maximum atomic E-state index is 13.6. The van der Waals surface area contributed by atoms with Crippen LogP contribution in [0.2, 0.25) is 0 Å². The van der Waals surface area contributed by atoms with Gasteiger partial charge in [0.05, 0.1) is 9.79 Å². The summed E-state index contributed by atoms with van der Waals surface area (Å²) < 4.78 is 57.0. The number of nitrogens with zero attached hydrogens (tertiary/aromatic N) is 2. The minimum absolute atomic E-state index is 0.00534. The second-order valence-corrected chi connectivity index (χ2v) is 14.7. The molecule has 1 aliphatic carbocycles. The van der Waals surface area contributed by atoms with E-state index < -0.39 is 31.6 Å². The van der Waals surface area contributed by atoms with Crippen molar-refractivity contribution in [1.29, 1.82) is 0 Å². The van der Waals surface area contributed by atoms with Crippen LogP contribution in [0.25, 0.3) is 0 Å². The highest BCUT2D eigenvalue weighted by atomic mass is 32.2. The monoisotopic (exact) mass is 598 g/mol. The number of ketones is 2. The van der Waals surface area contributed by atoms with Crippen molar-refractivity contribution in [2.24, 2.45) is 0 Å². The molecule has 0 bridgehead atoms. The molecule has 0 saturated carbocycles. The second kappa shape index (κ2) is 9.81. The van der Waals surface area contributed by atoms with E-state index in [0.29, 0.717) is 25.9 Å². The van der Waals surface area contributed by atoms with E-state index in [-0.39, 0.29) is 45.1 Å². The van der Waals surface area contributed by atoms with E-state index in [0.717, 1.165) is 22.3 Å². The Bertz CT molecular complexity index is 1890. The molecule has 0 amide bonds. The minimum Gasteiger partial charge on any atom is -0.289 e. The van der Waals surface area contributed by atoms with Gasteiger partial charge in [-0.2, -0.15) is 8.61 Å². The van der Waals surface area contributed by atoms with Crippen LogP contribution in [0, 0.1) is 0 Å². The number of sulfonamides is 2. The highest BCUT2D eigenvalue weighted by molar-refractivity contribution is 7.89. The van der Waals surface area contributed by atoms with Crippen LogP contribution >= 0.6 is 0 Å². The summed E-state index contributed by atoms with van der Waals surface area (Å²) in [4.78, 5) is 27.0. The third-order valence-electron chi connectivity index (χ3n) is 8.43. The van der Waals surface area contributed by atoms with Crippen molar-refractivity contribution in [3.63, 3.8) is 0 Å². The Kier molecular flexibility index (Phi) is 6.28. The molecule has 2 aliphatic heterocycles. The molecule has 7 rings (SSSR count). The van der Waals surface area contributed by atoms with Gasteiger partial charge in [-0.25, -0.2) is 16.8 Å². The van der Waals surface area contributed by atoms with E-state index in [9.17, 15) is 26.4 Å². The standard InChI is InChI=1S/C32H26N2O6S2/c35-31-28-12-10-26(42(39,40)34-16-14-22-6-2-4-8-24(22)20-34)18-30(28)32(36)27-11-9-25(17-29(27)31)41(37,38)33-15-13-21-5-1-3-7-23(21)19-33/h1-12,17-18H,13-16,19-20H2. The molecular formula is C32H26N2O6S2. The molecule has 0 spiro atoms. The van der Waals surface area contributed by atoms with Crippen LogP contribution in [0.15, 0.2) is 94.7 Å². The van der Waals surface area contributed by atoms with Crippen molar-refractivity contribution in [2.75, 3.05) is 13.1 Å². The van der Waals surface area contributed by atoms with E-state index in [1.54, 1.807) is 0 Å². The fourth-order valence-electron chi connectivity index (χ4n) is 6.08. The summed E-state index contributed by atoms with van der Waals surface area (Å²) >= 11 is 0. The molecule has 2 heterocycles. The fraction of sp³-hybridized carbons (Fsp3) is 0.188. The summed E-state index contributed by atoms with van der Waals surface area (Å²) in [6.07, 6.45) is 1.17. The van der Waals surface area contributed by atoms with E-state index in [4.69, 9.17) is 0 Å². The van der Waals surface area contributed by atoms with E-state index in [1.165, 1.54) is 45.0 Å². The Hall–Kier alpha value is -3.96. The first kappa shape index (κ1) is 26.9. The molecule has 10 heteroatoms. The lowest BCUT2D eigenvalue weighted by atomic mass is 9.84. The molecule has 0 atom stereocenters. The van der Waals surface area contributed by atoms with E-state index >= 15 is 0 Å². The molecule has 42 heavy (non-hydrogen) atoms. The molecule has 4 aromatic carbocycles. The zero-order valence-electron chi connectivity index (χ0n) is 22.5. The van der Waals surface area contributed by atoms with E-state index in [1.807, 2.05) is 48.5 Å². The Morgan fingerprint density at radius 2 is 0.857 bits per heavy atom. The molecular weight excluding hydrogens is 572 g/mol. The molecule has 0 saturated heterocycles. The molecule has 212 valence electrons. The highest BCUT2D eigenvalue weighted by Crippen LogP contribution is 2.34. The number of rotatable bonds is 4. The normalized spacial score (nSPS) is 17.2. The summed E-state index contributed by atoms with van der Waals surface area (Å²) in [6.45, 7) is 1.08. The van der Waals surface area contributed by atoms with Crippen LogP contribution in [0.3, 0.4) is 0 Å². The van der Waals surface area contributed by atoms with Gasteiger partial charge in [0, 0.05) is 48.4 Å². The van der Waals surface area contributed by atoms with Crippen LogP contribution in [-0.2, 0) is 46.0 Å². The van der Waals surface area contributed by atoms with Gasteiger partial charge in [-0.1, -0.05) is 48.5 Å². The van der Waals surface area contributed by atoms with Crippen LogP contribution in [0.1, 0.15) is 54.1 Å². The average Bonchev–Trinajstić information content (AvgIpc) is 3.02. The molecule has 4 aromatic rings. The Labute approximate surface area is 244 Å². The predicted octanol–water partition coefficient (Wildman–Crippen LogP) is 3.96. The van der Waals surface area contributed by atoms with Gasteiger partial charge >= 0.3 is 0 Å². The summed E-state index contributed by atoms with van der Waals surface area (Å²) in [5.41, 5.74) is 4.18. The van der Waals surface area contributed by atoms with Crippen molar-refractivity contribution in [3.05, 3.63) is 129 Å². The number of fused-ring (bicyclic) bond motifs is 4. The maximum Gasteiger partial charge on any atom is 0.243 e. The van der Waals surface area contributed by atoms with Crippen molar-refractivity contribution in [3.8, 4) is 0 Å². The summed E-state index contributed by atoms with van der Waals surface area (Å²) in [5, 5.41) is 0. The van der Waals surface area contributed by atoms with Gasteiger partial charge < -0.3 is 0 Å². The molecule has 0 N–H and O–H groups in total. The Balaban J connectivity index is 1.19. The number of carbonyl (C=O) groups excluding carboxylic acids is 2. The van der Waals surface area contributed by atoms with Crippen LogP contribution in [-0.4, -0.2) is 50.1 Å². The van der Waals surface area contributed by atoms with Crippen molar-refractivity contribution in [1.82, 2.24) is 8.61 Å². The first-order chi connectivity index (χ1) is 20.1. The highest BCUT2D eigenvalue weighted by Gasteiger charge is 2.36. The van der Waals surface area contributed by atoms with Gasteiger partial charge in [-0.3, -0.25) is 9.59 Å². The maximum absolute atomic E-state index is 13.6. The molecule has 8 nitrogen and oxygen atoms in total. The van der Waals surface area contributed by atoms with Crippen molar-refractivity contribution >= 4 is 31.6 Å². The molecule has 0 aromatic heterocycles. The summed E-state index contributed by atoms with van der Waals surface area (Å²) in [6, 6.07) is 23.3. The third kappa shape index (κ3) is 4.25. The lowest BCUT2D eigenvalue weighted by Gasteiger charge is -2.29. The lowest BCUT2D eigenvalue weighted by molar-refractivity contribution is 0.0978. The van der Waals surface area contributed by atoms with E-state index in [2.05, 4.69) is 0 Å². The minimum atomic E-state index is -3.93. The number of benzene rings is 4. The van der Waals surface area contributed by atoms with Crippen LogP contribution in [0.4, 0.5) is 0 Å². The SMILES string of the molecule is O=C1c2ccc(S(=O)(=O)N3CCc4ccccc4C3)cc2C(=O)c2ccc(S(=O)(=O)N3CCc4ccccc4C3)cc21. The third-order valence-corrected chi connectivity index (χ3v) is 12.1. The molecule has 0 unspecified atom stereocenters. The molecule has 3 aliphatic rings. The number of hydrogen-bond acceptors (Lipinski definition) is 6. The fourth-order valence-corrected chi connectivity index (χ4v) is 8.97. The Morgan fingerprint density at radius 1 is 0.476 bits per heavy atom. The van der Waals surface area contributed by atoms with Gasteiger partial charge in [0.25, 0.3) is 0 Å². The number of carbonyl (C=O) groups is 2. The predicted molar refractivity (Wildman–Crippen MR) is 155 cm³/mol. The lowest BCUT2D eigenvalue weighted by Crippen LogP contribution is -2.36. The van der Waals surface area contributed by atoms with Gasteiger partial charge in [0.2, 0.25) is 20.0 Å².